The SMILES string of the molecule is CC(=O)Nc1nc(SCc2ccccc2)c2ncn(C3CCCO3)c2n1. The summed E-state index contributed by atoms with van der Waals surface area (Å²) in [5.41, 5.74) is 2.62. The maximum absolute atomic E-state index is 11.5. The zero-order valence-corrected chi connectivity index (χ0v) is 15.2. The monoisotopic (exact) mass is 369 g/mol. The molecule has 0 radical (unpaired) electrons. The molecule has 4 rings (SSSR count). The van der Waals surface area contributed by atoms with E-state index in [0.717, 1.165) is 35.7 Å². The van der Waals surface area contributed by atoms with Gasteiger partial charge in [-0.1, -0.05) is 42.1 Å². The lowest BCUT2D eigenvalue weighted by Crippen LogP contribution is -2.12. The molecule has 1 saturated heterocycles. The van der Waals surface area contributed by atoms with Crippen LogP contribution in [0.3, 0.4) is 0 Å². The van der Waals surface area contributed by atoms with Gasteiger partial charge < -0.3 is 4.74 Å². The largest absolute Gasteiger partial charge is 0.358 e. The molecule has 1 fully saturated rings. The van der Waals surface area contributed by atoms with Crippen LogP contribution >= 0.6 is 11.8 Å². The highest BCUT2D eigenvalue weighted by atomic mass is 32.2. The molecule has 134 valence electrons. The number of benzene rings is 1. The molecule has 0 bridgehead atoms. The van der Waals surface area contributed by atoms with E-state index in [2.05, 4.69) is 32.4 Å². The third-order valence-electron chi connectivity index (χ3n) is 4.11. The van der Waals surface area contributed by atoms with Crippen molar-refractivity contribution in [2.24, 2.45) is 0 Å². The van der Waals surface area contributed by atoms with Gasteiger partial charge >= 0.3 is 0 Å². The number of fused-ring (bicyclic) bond motifs is 1. The van der Waals surface area contributed by atoms with Crippen LogP contribution in [0.25, 0.3) is 11.2 Å². The molecule has 1 aromatic carbocycles. The van der Waals surface area contributed by atoms with Crippen molar-refractivity contribution in [3.05, 3.63) is 42.2 Å². The lowest BCUT2D eigenvalue weighted by molar-refractivity contribution is -0.114. The molecule has 0 spiro atoms. The van der Waals surface area contributed by atoms with Crippen LogP contribution in [-0.4, -0.2) is 32.0 Å². The molecule has 1 aliphatic rings. The van der Waals surface area contributed by atoms with Gasteiger partial charge in [-0.05, 0) is 18.4 Å². The maximum Gasteiger partial charge on any atom is 0.232 e. The van der Waals surface area contributed by atoms with Gasteiger partial charge in [0.05, 0.1) is 6.33 Å². The minimum atomic E-state index is -0.202. The van der Waals surface area contributed by atoms with Crippen molar-refractivity contribution in [3.63, 3.8) is 0 Å². The normalized spacial score (nSPS) is 16.9. The summed E-state index contributed by atoms with van der Waals surface area (Å²) in [5, 5.41) is 3.44. The quantitative estimate of drug-likeness (QED) is 0.548. The smallest absolute Gasteiger partial charge is 0.232 e. The molecule has 0 aliphatic carbocycles. The fourth-order valence-electron chi connectivity index (χ4n) is 2.92. The first-order valence-corrected chi connectivity index (χ1v) is 9.50. The Morgan fingerprint density at radius 3 is 2.92 bits per heavy atom. The van der Waals surface area contributed by atoms with E-state index < -0.39 is 0 Å². The zero-order valence-electron chi connectivity index (χ0n) is 14.4. The predicted octanol–water partition coefficient (Wildman–Crippen LogP) is 3.39. The molecule has 1 aliphatic heterocycles. The average Bonchev–Trinajstić information content (AvgIpc) is 3.29. The van der Waals surface area contributed by atoms with Gasteiger partial charge in [-0.3, -0.25) is 14.7 Å². The summed E-state index contributed by atoms with van der Waals surface area (Å²) in [6.07, 6.45) is 3.63. The molecule has 2 aromatic heterocycles. The Bertz CT molecular complexity index is 922. The highest BCUT2D eigenvalue weighted by Crippen LogP contribution is 2.32. The van der Waals surface area contributed by atoms with E-state index in [9.17, 15) is 4.79 Å². The third-order valence-corrected chi connectivity index (χ3v) is 5.15. The maximum atomic E-state index is 11.5. The number of nitrogens with zero attached hydrogens (tertiary/aromatic N) is 4. The second kappa shape index (κ2) is 7.43. The number of aromatic nitrogens is 4. The summed E-state index contributed by atoms with van der Waals surface area (Å²) in [7, 11) is 0. The number of anilines is 1. The van der Waals surface area contributed by atoms with Crippen molar-refractivity contribution >= 4 is 34.8 Å². The molecular formula is C18H19N5O2S. The number of amides is 1. The Hall–Kier alpha value is -2.45. The van der Waals surface area contributed by atoms with E-state index >= 15 is 0 Å². The zero-order chi connectivity index (χ0) is 17.9. The number of nitrogens with one attached hydrogen (secondary N) is 1. The number of ether oxygens (including phenoxy) is 1. The summed E-state index contributed by atoms with van der Waals surface area (Å²) in [6, 6.07) is 10.2. The molecule has 0 saturated carbocycles. The van der Waals surface area contributed by atoms with Crippen LogP contribution in [0.4, 0.5) is 5.95 Å². The number of rotatable bonds is 5. The molecule has 8 heteroatoms. The number of thioether (sulfide) groups is 1. The van der Waals surface area contributed by atoms with Gasteiger partial charge in [-0.15, -0.1) is 0 Å². The summed E-state index contributed by atoms with van der Waals surface area (Å²) < 4.78 is 7.70. The molecule has 26 heavy (non-hydrogen) atoms. The Kier molecular flexibility index (Phi) is 4.85. The minimum absolute atomic E-state index is 0.0629. The Morgan fingerprint density at radius 1 is 1.35 bits per heavy atom. The molecule has 1 N–H and O–H groups in total. The fourth-order valence-corrected chi connectivity index (χ4v) is 3.85. The second-order valence-corrected chi connectivity index (χ2v) is 7.06. The van der Waals surface area contributed by atoms with Gasteiger partial charge in [-0.25, -0.2) is 9.97 Å². The minimum Gasteiger partial charge on any atom is -0.358 e. The third kappa shape index (κ3) is 3.56. The summed E-state index contributed by atoms with van der Waals surface area (Å²) in [4.78, 5) is 25.0. The molecular weight excluding hydrogens is 350 g/mol. The molecule has 1 unspecified atom stereocenters. The van der Waals surface area contributed by atoms with Crippen LogP contribution in [0.2, 0.25) is 0 Å². The summed E-state index contributed by atoms with van der Waals surface area (Å²) in [6.45, 7) is 2.19. The molecule has 3 heterocycles. The number of hydrogen-bond donors (Lipinski definition) is 1. The van der Waals surface area contributed by atoms with Gasteiger partial charge in [0, 0.05) is 19.3 Å². The van der Waals surface area contributed by atoms with Crippen LogP contribution in [0.5, 0.6) is 0 Å². The van der Waals surface area contributed by atoms with Crippen molar-refractivity contribution in [3.8, 4) is 0 Å². The van der Waals surface area contributed by atoms with Crippen molar-refractivity contribution < 1.29 is 9.53 Å². The Labute approximate surface area is 155 Å². The van der Waals surface area contributed by atoms with Gasteiger partial charge in [0.2, 0.25) is 11.9 Å². The van der Waals surface area contributed by atoms with Gasteiger partial charge in [0.1, 0.15) is 16.8 Å². The number of hydrogen-bond acceptors (Lipinski definition) is 6. The predicted molar refractivity (Wildman–Crippen MR) is 99.9 cm³/mol. The van der Waals surface area contributed by atoms with Gasteiger partial charge in [0.15, 0.2) is 5.65 Å². The molecule has 1 atom stereocenters. The van der Waals surface area contributed by atoms with E-state index in [1.54, 1.807) is 18.1 Å². The van der Waals surface area contributed by atoms with Crippen LogP contribution in [0.1, 0.15) is 31.6 Å². The van der Waals surface area contributed by atoms with Crippen LogP contribution < -0.4 is 5.32 Å². The number of imidazole rings is 1. The van der Waals surface area contributed by atoms with E-state index in [0.29, 0.717) is 11.6 Å². The standard InChI is InChI=1S/C18H19N5O2S/c1-12(24)20-18-21-16-15(19-11-23(16)14-8-5-9-25-14)17(22-18)26-10-13-6-3-2-4-7-13/h2-4,6-7,11,14H,5,8-10H2,1H3,(H,20,21,22,24). The van der Waals surface area contributed by atoms with Crippen LogP contribution in [-0.2, 0) is 15.3 Å². The number of carbonyl (C=O) groups is 1. The lowest BCUT2D eigenvalue weighted by Gasteiger charge is -2.12. The highest BCUT2D eigenvalue weighted by Gasteiger charge is 2.22. The van der Waals surface area contributed by atoms with E-state index in [1.165, 1.54) is 12.5 Å². The van der Waals surface area contributed by atoms with Crippen molar-refractivity contribution in [2.75, 3.05) is 11.9 Å². The van der Waals surface area contributed by atoms with Gasteiger partial charge in [0.25, 0.3) is 0 Å². The first-order valence-electron chi connectivity index (χ1n) is 8.51. The molecule has 7 nitrogen and oxygen atoms in total. The molecule has 3 aromatic rings. The van der Waals surface area contributed by atoms with Gasteiger partial charge in [-0.2, -0.15) is 4.98 Å². The first kappa shape index (κ1) is 17.0. The number of carbonyl (C=O) groups excluding carboxylic acids is 1. The fraction of sp³-hybridized carbons (Fsp3) is 0.333. The van der Waals surface area contributed by atoms with E-state index in [1.807, 2.05) is 22.8 Å². The van der Waals surface area contributed by atoms with Crippen LogP contribution in [0.15, 0.2) is 41.7 Å². The second-order valence-electron chi connectivity index (χ2n) is 6.10. The summed E-state index contributed by atoms with van der Waals surface area (Å²) in [5.74, 6) is 0.853. The Morgan fingerprint density at radius 2 is 2.19 bits per heavy atom. The topological polar surface area (TPSA) is 81.9 Å². The summed E-state index contributed by atoms with van der Waals surface area (Å²) >= 11 is 1.58. The van der Waals surface area contributed by atoms with Crippen molar-refractivity contribution in [2.45, 2.75) is 36.8 Å². The average molecular weight is 369 g/mol. The Balaban J connectivity index is 1.70. The van der Waals surface area contributed by atoms with Crippen molar-refractivity contribution in [1.82, 2.24) is 19.5 Å². The molecule has 1 amide bonds. The van der Waals surface area contributed by atoms with Crippen molar-refractivity contribution in [1.29, 1.82) is 0 Å². The van der Waals surface area contributed by atoms with E-state index in [4.69, 9.17) is 4.74 Å². The lowest BCUT2D eigenvalue weighted by atomic mass is 10.2. The first-order chi connectivity index (χ1) is 12.7. The van der Waals surface area contributed by atoms with Crippen LogP contribution in [0, 0.1) is 0 Å². The highest BCUT2D eigenvalue weighted by molar-refractivity contribution is 7.98. The van der Waals surface area contributed by atoms with E-state index in [-0.39, 0.29) is 12.1 Å².